The molecule has 1 N–H and O–H groups in total. The Bertz CT molecular complexity index is 1260. The van der Waals surface area contributed by atoms with Gasteiger partial charge >= 0.3 is 17.9 Å². The molecule has 1 saturated carbocycles. The summed E-state index contributed by atoms with van der Waals surface area (Å²) in [7, 11) is 0. The lowest BCUT2D eigenvalue weighted by atomic mass is 9.51. The van der Waals surface area contributed by atoms with Crippen molar-refractivity contribution in [3.05, 3.63) is 36.0 Å². The number of carbonyl (C=O) groups excluding carboxylic acids is 4. The fourth-order valence-corrected chi connectivity index (χ4v) is 7.70. The molecule has 5 rings (SSSR count). The van der Waals surface area contributed by atoms with Crippen LogP contribution in [0.3, 0.4) is 0 Å². The number of epoxide rings is 1. The van der Waals surface area contributed by atoms with Crippen LogP contribution >= 0.6 is 0 Å². The summed E-state index contributed by atoms with van der Waals surface area (Å²) in [6.45, 7) is 12.2. The number of esters is 3. The zero-order chi connectivity index (χ0) is 31.9. The summed E-state index contributed by atoms with van der Waals surface area (Å²) in [5.74, 6) is -2.25. The van der Waals surface area contributed by atoms with E-state index in [1.807, 2.05) is 27.7 Å². The van der Waals surface area contributed by atoms with Gasteiger partial charge in [0.05, 0.1) is 30.8 Å². The molecule has 10 nitrogen and oxygen atoms in total. The SMILES string of the molecule is CC[C@@H]1CCOC(=O)/C=C/C=C\C(=O)OC2CC3O[C@@H]4C=C(C)CC[C@]4(COC(=O)C1NC(=O)C(C)(C)CC)C2(C)[C@]31CO1. The van der Waals surface area contributed by atoms with Gasteiger partial charge in [-0.1, -0.05) is 64.8 Å². The molecular formula is C34H47NO9. The van der Waals surface area contributed by atoms with Gasteiger partial charge in [-0.05, 0) is 38.5 Å². The second kappa shape index (κ2) is 12.1. The summed E-state index contributed by atoms with van der Waals surface area (Å²) >= 11 is 0. The van der Waals surface area contributed by atoms with Gasteiger partial charge < -0.3 is 29.0 Å². The predicted molar refractivity (Wildman–Crippen MR) is 160 cm³/mol. The molecule has 2 saturated heterocycles. The van der Waals surface area contributed by atoms with Crippen LogP contribution in [0.25, 0.3) is 0 Å². The monoisotopic (exact) mass is 613 g/mol. The molecule has 5 aliphatic rings. The van der Waals surface area contributed by atoms with Gasteiger partial charge in [0, 0.05) is 29.4 Å². The molecule has 3 fully saturated rings. The largest absolute Gasteiger partial charge is 0.463 e. The van der Waals surface area contributed by atoms with Gasteiger partial charge in [0.15, 0.2) is 0 Å². The molecule has 44 heavy (non-hydrogen) atoms. The van der Waals surface area contributed by atoms with Crippen molar-refractivity contribution in [2.24, 2.45) is 22.2 Å². The zero-order valence-corrected chi connectivity index (χ0v) is 26.8. The van der Waals surface area contributed by atoms with E-state index in [1.165, 1.54) is 29.9 Å². The molecule has 3 heterocycles. The van der Waals surface area contributed by atoms with E-state index in [0.29, 0.717) is 38.7 Å². The Labute approximate surface area is 259 Å². The number of allylic oxidation sites excluding steroid dienone is 3. The van der Waals surface area contributed by atoms with E-state index in [0.717, 1.165) is 6.42 Å². The average Bonchev–Trinajstić information content (AvgIpc) is 3.77. The van der Waals surface area contributed by atoms with Crippen LogP contribution in [0.15, 0.2) is 36.0 Å². The van der Waals surface area contributed by atoms with Crippen molar-refractivity contribution in [1.29, 1.82) is 0 Å². The molecule has 0 radical (unpaired) electrons. The molecule has 2 aliphatic carbocycles. The first-order valence-electron chi connectivity index (χ1n) is 16.0. The number of ether oxygens (including phenoxy) is 5. The highest BCUT2D eigenvalue weighted by Gasteiger charge is 2.83. The molecular weight excluding hydrogens is 566 g/mol. The van der Waals surface area contributed by atoms with Crippen molar-refractivity contribution in [1.82, 2.24) is 5.32 Å². The number of carbonyl (C=O) groups is 4. The van der Waals surface area contributed by atoms with Crippen molar-refractivity contribution < 1.29 is 42.9 Å². The van der Waals surface area contributed by atoms with Crippen LogP contribution in [0.2, 0.25) is 0 Å². The number of nitrogens with one attached hydrogen (secondary N) is 1. The Morgan fingerprint density at radius 3 is 2.41 bits per heavy atom. The predicted octanol–water partition coefficient (Wildman–Crippen LogP) is 4.12. The van der Waals surface area contributed by atoms with E-state index >= 15 is 0 Å². The van der Waals surface area contributed by atoms with Crippen LogP contribution in [0, 0.1) is 22.2 Å². The lowest BCUT2D eigenvalue weighted by Gasteiger charge is -2.58. The zero-order valence-electron chi connectivity index (χ0n) is 26.8. The number of amides is 1. The fourth-order valence-electron chi connectivity index (χ4n) is 7.70. The van der Waals surface area contributed by atoms with Gasteiger partial charge in [0.1, 0.15) is 24.4 Å². The van der Waals surface area contributed by atoms with E-state index < -0.39 is 51.9 Å². The van der Waals surface area contributed by atoms with Gasteiger partial charge in [0.2, 0.25) is 5.91 Å². The highest BCUT2D eigenvalue weighted by atomic mass is 16.6. The topological polar surface area (TPSA) is 130 Å². The molecule has 0 aromatic carbocycles. The van der Waals surface area contributed by atoms with Gasteiger partial charge in [-0.25, -0.2) is 14.4 Å². The van der Waals surface area contributed by atoms with Gasteiger partial charge in [-0.15, -0.1) is 0 Å². The van der Waals surface area contributed by atoms with E-state index in [1.54, 1.807) is 0 Å². The molecule has 2 spiro atoms. The van der Waals surface area contributed by atoms with Crippen molar-refractivity contribution in [2.45, 2.75) is 110 Å². The minimum atomic E-state index is -0.946. The Balaban J connectivity index is 1.54. The Kier molecular flexibility index (Phi) is 8.90. The molecule has 2 bridgehead atoms. The van der Waals surface area contributed by atoms with Crippen LogP contribution in [-0.4, -0.2) is 73.6 Å². The summed E-state index contributed by atoms with van der Waals surface area (Å²) < 4.78 is 30.6. The van der Waals surface area contributed by atoms with Crippen molar-refractivity contribution >= 4 is 23.8 Å². The number of hydrogen-bond donors (Lipinski definition) is 1. The summed E-state index contributed by atoms with van der Waals surface area (Å²) in [6.07, 6.45) is 9.70. The maximum atomic E-state index is 14.1. The first kappa shape index (κ1) is 32.4. The maximum Gasteiger partial charge on any atom is 0.331 e. The minimum Gasteiger partial charge on any atom is -0.463 e. The van der Waals surface area contributed by atoms with Crippen LogP contribution < -0.4 is 5.32 Å². The Hall–Kier alpha value is -2.98. The first-order chi connectivity index (χ1) is 20.8. The smallest absolute Gasteiger partial charge is 0.331 e. The number of hydrogen-bond acceptors (Lipinski definition) is 9. The van der Waals surface area contributed by atoms with Crippen LogP contribution in [0.4, 0.5) is 0 Å². The van der Waals surface area contributed by atoms with Crippen LogP contribution in [0.1, 0.15) is 80.1 Å². The maximum absolute atomic E-state index is 14.1. The summed E-state index contributed by atoms with van der Waals surface area (Å²) in [4.78, 5) is 52.8. The Morgan fingerprint density at radius 2 is 1.75 bits per heavy atom. The molecule has 0 aromatic heterocycles. The van der Waals surface area contributed by atoms with Crippen molar-refractivity contribution in [3.63, 3.8) is 0 Å². The molecule has 8 atom stereocenters. The normalized spacial score (nSPS) is 40.7. The molecule has 242 valence electrons. The van der Waals surface area contributed by atoms with E-state index in [2.05, 4.69) is 25.2 Å². The fraction of sp³-hybridized carbons (Fsp3) is 0.706. The molecule has 1 amide bonds. The average molecular weight is 614 g/mol. The van der Waals surface area contributed by atoms with Crippen molar-refractivity contribution in [3.8, 4) is 0 Å². The standard InChI is InChI=1S/C34H47NO9/c1-7-22-14-16-40-26(36)11-9-10-12-27(37)44-23-18-25-34(20-42-34)32(23,6)33(15-13-21(3)17-24(33)43-25)19-41-29(38)28(22)35-30(39)31(4,5)8-2/h9-12,17,22-25,28H,7-8,13-16,18-20H2,1-6H3,(H,35,39)/b11-9+,12-10-/t22-,23?,24-,25?,28?,32?,33-,34+/m1/s1. The summed E-state index contributed by atoms with van der Waals surface area (Å²) in [5, 5.41) is 2.99. The number of rotatable bonds is 4. The first-order valence-corrected chi connectivity index (χ1v) is 16.0. The van der Waals surface area contributed by atoms with Crippen LogP contribution in [0.5, 0.6) is 0 Å². The third kappa shape index (κ3) is 5.42. The van der Waals surface area contributed by atoms with Gasteiger partial charge in [-0.2, -0.15) is 0 Å². The third-order valence-corrected chi connectivity index (χ3v) is 11.3. The lowest BCUT2D eigenvalue weighted by molar-refractivity contribution is -0.233. The second-order valence-corrected chi connectivity index (χ2v) is 13.9. The highest BCUT2D eigenvalue weighted by Crippen LogP contribution is 2.72. The van der Waals surface area contributed by atoms with Crippen molar-refractivity contribution in [2.75, 3.05) is 19.8 Å². The summed E-state index contributed by atoms with van der Waals surface area (Å²) in [5.41, 5.74) is -1.61. The van der Waals surface area contributed by atoms with Crippen LogP contribution in [-0.2, 0) is 42.9 Å². The third-order valence-electron chi connectivity index (χ3n) is 11.3. The molecule has 4 unspecified atom stereocenters. The second-order valence-electron chi connectivity index (χ2n) is 13.9. The number of cyclic esters (lactones) is 2. The van der Waals surface area contributed by atoms with E-state index in [4.69, 9.17) is 23.7 Å². The summed E-state index contributed by atoms with van der Waals surface area (Å²) in [6, 6.07) is -0.946. The van der Waals surface area contributed by atoms with E-state index in [9.17, 15) is 19.2 Å². The van der Waals surface area contributed by atoms with E-state index in [-0.39, 0.29) is 37.2 Å². The Morgan fingerprint density at radius 1 is 1.05 bits per heavy atom. The highest BCUT2D eigenvalue weighted by molar-refractivity contribution is 5.88. The molecule has 0 aromatic rings. The van der Waals surface area contributed by atoms with Gasteiger partial charge in [0.25, 0.3) is 0 Å². The minimum absolute atomic E-state index is 0.0101. The van der Waals surface area contributed by atoms with Gasteiger partial charge in [-0.3, -0.25) is 4.79 Å². The lowest BCUT2D eigenvalue weighted by Crippen LogP contribution is -2.67. The molecule has 3 aliphatic heterocycles. The quantitative estimate of drug-likeness (QED) is 0.215. The molecule has 10 heteroatoms.